The third-order valence-corrected chi connectivity index (χ3v) is 4.00. The molecule has 0 aliphatic rings. The number of sulfonamides is 1. The summed E-state index contributed by atoms with van der Waals surface area (Å²) in [6.07, 6.45) is 3.08. The molecule has 0 heterocycles. The average molecular weight is 296 g/mol. The lowest BCUT2D eigenvalue weighted by Crippen LogP contribution is -2.25. The second-order valence-corrected chi connectivity index (χ2v) is 6.64. The largest absolute Gasteiger partial charge is 0.352 e. The van der Waals surface area contributed by atoms with Gasteiger partial charge in [-0.25, -0.2) is 13.1 Å². The summed E-state index contributed by atoms with van der Waals surface area (Å²) in [7, 11) is -2.05. The van der Waals surface area contributed by atoms with Gasteiger partial charge in [-0.15, -0.1) is 0 Å². The van der Waals surface area contributed by atoms with Crippen LogP contribution in [0.5, 0.6) is 0 Å². The summed E-state index contributed by atoms with van der Waals surface area (Å²) in [4.78, 5) is 11.7. The normalized spacial score (nSPS) is 12.0. The van der Waals surface area contributed by atoms with E-state index in [4.69, 9.17) is 0 Å². The molecular weight excluding hydrogens is 276 g/mol. The Balaban J connectivity index is 2.68. The van der Waals surface area contributed by atoms with Crippen molar-refractivity contribution in [3.05, 3.63) is 35.9 Å². The maximum Gasteiger partial charge on any atom is 0.244 e. The Kier molecular flexibility index (Phi) is 5.91. The first-order chi connectivity index (χ1) is 9.35. The molecule has 6 heteroatoms. The predicted octanol–water partition coefficient (Wildman–Crippen LogP) is 1.38. The Hall–Kier alpha value is -1.66. The zero-order chi connectivity index (χ0) is 15.2. The number of carbonyl (C=O) groups is 1. The van der Waals surface area contributed by atoms with Crippen molar-refractivity contribution in [2.75, 3.05) is 13.6 Å². The van der Waals surface area contributed by atoms with Gasteiger partial charge < -0.3 is 5.32 Å². The zero-order valence-corrected chi connectivity index (χ0v) is 12.7. The van der Waals surface area contributed by atoms with Gasteiger partial charge in [0.15, 0.2) is 0 Å². The van der Waals surface area contributed by atoms with Crippen molar-refractivity contribution in [1.29, 1.82) is 0 Å². The second-order valence-electron chi connectivity index (χ2n) is 4.75. The van der Waals surface area contributed by atoms with E-state index >= 15 is 0 Å². The van der Waals surface area contributed by atoms with E-state index < -0.39 is 10.0 Å². The fraction of sp³-hybridized carbons (Fsp3) is 0.357. The van der Waals surface area contributed by atoms with Crippen molar-refractivity contribution in [3.63, 3.8) is 0 Å². The lowest BCUT2D eigenvalue weighted by Gasteiger charge is -2.04. The molecule has 0 aliphatic heterocycles. The van der Waals surface area contributed by atoms with Gasteiger partial charge in [-0.05, 0) is 36.7 Å². The molecular formula is C14H20N2O3S. The van der Waals surface area contributed by atoms with Crippen molar-refractivity contribution in [2.45, 2.75) is 18.7 Å². The van der Waals surface area contributed by atoms with Gasteiger partial charge in [-0.1, -0.05) is 26.0 Å². The van der Waals surface area contributed by atoms with Crippen LogP contribution in [0.25, 0.3) is 6.08 Å². The number of nitrogens with one attached hydrogen (secondary N) is 2. The predicted molar refractivity (Wildman–Crippen MR) is 79.6 cm³/mol. The van der Waals surface area contributed by atoms with E-state index in [2.05, 4.69) is 10.0 Å². The van der Waals surface area contributed by atoms with E-state index in [1.54, 1.807) is 18.2 Å². The second kappa shape index (κ2) is 7.21. The van der Waals surface area contributed by atoms with Gasteiger partial charge in [-0.2, -0.15) is 0 Å². The summed E-state index contributed by atoms with van der Waals surface area (Å²) in [6.45, 7) is 4.67. The Bertz CT molecular complexity index is 575. The summed E-state index contributed by atoms with van der Waals surface area (Å²) in [5.74, 6) is 0.240. The van der Waals surface area contributed by atoms with E-state index in [1.165, 1.54) is 25.3 Å². The molecule has 0 unspecified atom stereocenters. The number of hydrogen-bond acceptors (Lipinski definition) is 3. The Labute approximate surface area is 120 Å². The van der Waals surface area contributed by atoms with Gasteiger partial charge in [0.05, 0.1) is 4.90 Å². The average Bonchev–Trinajstić information content (AvgIpc) is 2.43. The third-order valence-electron chi connectivity index (χ3n) is 2.57. The molecule has 0 aliphatic carbocycles. The molecule has 0 radical (unpaired) electrons. The highest BCUT2D eigenvalue weighted by Gasteiger charge is 2.09. The molecule has 0 bridgehead atoms. The Morgan fingerprint density at radius 2 is 1.85 bits per heavy atom. The number of benzene rings is 1. The lowest BCUT2D eigenvalue weighted by atomic mass is 10.2. The van der Waals surface area contributed by atoms with E-state index in [0.29, 0.717) is 12.5 Å². The molecule has 1 aromatic rings. The fourth-order valence-electron chi connectivity index (χ4n) is 1.41. The molecule has 110 valence electrons. The van der Waals surface area contributed by atoms with Gasteiger partial charge >= 0.3 is 0 Å². The molecule has 5 nitrogen and oxygen atoms in total. The van der Waals surface area contributed by atoms with Crippen molar-refractivity contribution < 1.29 is 13.2 Å². The van der Waals surface area contributed by atoms with Gasteiger partial charge in [0.1, 0.15) is 0 Å². The van der Waals surface area contributed by atoms with E-state index in [-0.39, 0.29) is 10.8 Å². The van der Waals surface area contributed by atoms with Crippen LogP contribution in [0, 0.1) is 5.92 Å². The van der Waals surface area contributed by atoms with Crippen LogP contribution < -0.4 is 10.0 Å². The minimum atomic E-state index is -3.42. The monoisotopic (exact) mass is 296 g/mol. The summed E-state index contributed by atoms with van der Waals surface area (Å²) in [5.41, 5.74) is 0.764. The molecule has 2 N–H and O–H groups in total. The van der Waals surface area contributed by atoms with E-state index in [0.717, 1.165) is 5.56 Å². The van der Waals surface area contributed by atoms with Crippen LogP contribution in [0.15, 0.2) is 35.2 Å². The smallest absolute Gasteiger partial charge is 0.244 e. The van der Waals surface area contributed by atoms with Crippen LogP contribution in [0.1, 0.15) is 19.4 Å². The summed E-state index contributed by atoms with van der Waals surface area (Å²) in [5, 5.41) is 2.77. The molecule has 0 fully saturated rings. The van der Waals surface area contributed by atoms with Crippen LogP contribution in [0.3, 0.4) is 0 Å². The van der Waals surface area contributed by atoms with Gasteiger partial charge in [0, 0.05) is 12.6 Å². The first-order valence-electron chi connectivity index (χ1n) is 6.34. The minimum Gasteiger partial charge on any atom is -0.352 e. The molecule has 1 amide bonds. The first-order valence-corrected chi connectivity index (χ1v) is 7.83. The topological polar surface area (TPSA) is 75.3 Å². The summed E-state index contributed by atoms with van der Waals surface area (Å²) in [6, 6.07) is 6.29. The zero-order valence-electron chi connectivity index (χ0n) is 11.9. The SMILES string of the molecule is CNS(=O)(=O)c1ccc(/C=C/C(=O)NCC(C)C)cc1. The summed E-state index contributed by atoms with van der Waals surface area (Å²) < 4.78 is 25.3. The maximum atomic E-state index is 11.5. The van der Waals surface area contributed by atoms with Crippen LogP contribution in [0.2, 0.25) is 0 Å². The van der Waals surface area contributed by atoms with E-state index in [9.17, 15) is 13.2 Å². The van der Waals surface area contributed by atoms with Crippen molar-refractivity contribution in [2.24, 2.45) is 5.92 Å². The highest BCUT2D eigenvalue weighted by Crippen LogP contribution is 2.11. The van der Waals surface area contributed by atoms with Gasteiger partial charge in [0.2, 0.25) is 15.9 Å². The molecule has 1 rings (SSSR count). The summed E-state index contributed by atoms with van der Waals surface area (Å²) >= 11 is 0. The lowest BCUT2D eigenvalue weighted by molar-refractivity contribution is -0.116. The molecule has 0 spiro atoms. The first kappa shape index (κ1) is 16.4. The molecule has 1 aromatic carbocycles. The Morgan fingerprint density at radius 3 is 2.35 bits per heavy atom. The van der Waals surface area contributed by atoms with Crippen molar-refractivity contribution in [3.8, 4) is 0 Å². The Morgan fingerprint density at radius 1 is 1.25 bits per heavy atom. The highest BCUT2D eigenvalue weighted by atomic mass is 32.2. The van der Waals surface area contributed by atoms with Crippen molar-refractivity contribution in [1.82, 2.24) is 10.0 Å². The van der Waals surface area contributed by atoms with Crippen molar-refractivity contribution >= 4 is 22.0 Å². The molecule has 0 atom stereocenters. The number of rotatable bonds is 6. The molecule has 20 heavy (non-hydrogen) atoms. The molecule has 0 saturated carbocycles. The maximum absolute atomic E-state index is 11.5. The molecule has 0 aromatic heterocycles. The number of carbonyl (C=O) groups excluding carboxylic acids is 1. The number of hydrogen-bond donors (Lipinski definition) is 2. The highest BCUT2D eigenvalue weighted by molar-refractivity contribution is 7.89. The fourth-order valence-corrected chi connectivity index (χ4v) is 2.14. The quantitative estimate of drug-likeness (QED) is 0.779. The number of amides is 1. The van der Waals surface area contributed by atoms with Crippen LogP contribution in [-0.4, -0.2) is 27.9 Å². The van der Waals surface area contributed by atoms with Crippen LogP contribution in [-0.2, 0) is 14.8 Å². The van der Waals surface area contributed by atoms with Gasteiger partial charge in [-0.3, -0.25) is 4.79 Å². The molecule has 0 saturated heterocycles. The third kappa shape index (κ3) is 5.14. The van der Waals surface area contributed by atoms with Crippen LogP contribution in [0.4, 0.5) is 0 Å². The standard InChI is InChI=1S/C14H20N2O3S/c1-11(2)10-16-14(17)9-6-12-4-7-13(8-5-12)20(18,19)15-3/h4-9,11,15H,10H2,1-3H3,(H,16,17)/b9-6+. The van der Waals surface area contributed by atoms with E-state index in [1.807, 2.05) is 13.8 Å². The van der Waals surface area contributed by atoms with Crippen LogP contribution >= 0.6 is 0 Å². The minimum absolute atomic E-state index is 0.161. The van der Waals surface area contributed by atoms with Gasteiger partial charge in [0.25, 0.3) is 0 Å².